The lowest BCUT2D eigenvalue weighted by Crippen LogP contribution is -2.38. The van der Waals surface area contributed by atoms with Crippen LogP contribution in [0.5, 0.6) is 0 Å². The van der Waals surface area contributed by atoms with E-state index in [1.165, 1.54) is 51.1 Å². The van der Waals surface area contributed by atoms with Crippen molar-refractivity contribution in [2.75, 3.05) is 26.2 Å². The summed E-state index contributed by atoms with van der Waals surface area (Å²) < 4.78 is 0. The molecule has 3 heterocycles. The number of aromatic amines is 1. The Morgan fingerprint density at radius 1 is 1.31 bits per heavy atom. The normalized spacial score (nSPS) is 25.2. The summed E-state index contributed by atoms with van der Waals surface area (Å²) in [5.74, 6) is 0. The number of nitrogens with zero attached hydrogens (tertiary/aromatic N) is 2. The van der Waals surface area contributed by atoms with Crippen LogP contribution in [0.3, 0.4) is 0 Å². The van der Waals surface area contributed by atoms with Crippen LogP contribution in [0.1, 0.15) is 25.0 Å². The molecule has 16 heavy (non-hydrogen) atoms. The highest BCUT2D eigenvalue weighted by atomic mass is 15.2. The van der Waals surface area contributed by atoms with Crippen LogP contribution in [-0.2, 0) is 6.54 Å². The van der Waals surface area contributed by atoms with E-state index in [0.29, 0.717) is 5.41 Å². The zero-order chi connectivity index (χ0) is 10.8. The van der Waals surface area contributed by atoms with Crippen molar-refractivity contribution in [3.63, 3.8) is 0 Å². The highest BCUT2D eigenvalue weighted by Crippen LogP contribution is 2.38. The molecule has 0 atom stereocenters. The summed E-state index contributed by atoms with van der Waals surface area (Å²) in [7, 11) is 0. The van der Waals surface area contributed by atoms with E-state index in [4.69, 9.17) is 0 Å². The van der Waals surface area contributed by atoms with Crippen molar-refractivity contribution in [3.8, 4) is 0 Å². The second kappa shape index (κ2) is 4.18. The number of hydrogen-bond donors (Lipinski definition) is 2. The van der Waals surface area contributed by atoms with Gasteiger partial charge in [0.25, 0.3) is 0 Å². The summed E-state index contributed by atoms with van der Waals surface area (Å²) in [6.45, 7) is 5.97. The minimum absolute atomic E-state index is 0.616. The molecular formula is C12H20N4. The summed E-state index contributed by atoms with van der Waals surface area (Å²) in [5.41, 5.74) is 1.86. The van der Waals surface area contributed by atoms with Gasteiger partial charge >= 0.3 is 0 Å². The van der Waals surface area contributed by atoms with Crippen LogP contribution in [0.25, 0.3) is 0 Å². The van der Waals surface area contributed by atoms with Gasteiger partial charge in [0.15, 0.2) is 0 Å². The van der Waals surface area contributed by atoms with Gasteiger partial charge in [0.1, 0.15) is 0 Å². The van der Waals surface area contributed by atoms with Crippen molar-refractivity contribution in [2.24, 2.45) is 5.41 Å². The summed E-state index contributed by atoms with van der Waals surface area (Å²) in [4.78, 5) is 2.57. The molecule has 2 aliphatic heterocycles. The number of nitrogens with one attached hydrogen (secondary N) is 2. The van der Waals surface area contributed by atoms with Gasteiger partial charge in [0, 0.05) is 25.0 Å². The molecule has 2 saturated heterocycles. The molecule has 88 valence electrons. The second-order valence-corrected chi connectivity index (χ2v) is 5.29. The highest BCUT2D eigenvalue weighted by Gasteiger charge is 2.38. The predicted octanol–water partition coefficient (Wildman–Crippen LogP) is 0.985. The third-order valence-corrected chi connectivity index (χ3v) is 4.13. The Hall–Kier alpha value is -0.870. The molecule has 3 rings (SSSR count). The van der Waals surface area contributed by atoms with E-state index < -0.39 is 0 Å². The van der Waals surface area contributed by atoms with E-state index in [0.717, 1.165) is 6.54 Å². The Kier molecular flexibility index (Phi) is 2.69. The molecule has 2 fully saturated rings. The monoisotopic (exact) mass is 220 g/mol. The zero-order valence-electron chi connectivity index (χ0n) is 9.71. The molecule has 0 amide bonds. The van der Waals surface area contributed by atoms with Gasteiger partial charge in [0.05, 0.1) is 0 Å². The molecule has 0 unspecified atom stereocenters. The predicted molar refractivity (Wildman–Crippen MR) is 63.0 cm³/mol. The first-order valence-corrected chi connectivity index (χ1v) is 6.28. The quantitative estimate of drug-likeness (QED) is 0.781. The minimum Gasteiger partial charge on any atom is -0.317 e. The van der Waals surface area contributed by atoms with Crippen molar-refractivity contribution in [2.45, 2.75) is 25.8 Å². The SMILES string of the molecule is c1cc(CN2CCC3(CCNCC3)C2)[nH]n1. The number of H-pyrrole nitrogens is 1. The van der Waals surface area contributed by atoms with Crippen LogP contribution in [-0.4, -0.2) is 41.3 Å². The van der Waals surface area contributed by atoms with Crippen molar-refractivity contribution >= 4 is 0 Å². The Morgan fingerprint density at radius 2 is 2.19 bits per heavy atom. The van der Waals surface area contributed by atoms with Crippen LogP contribution < -0.4 is 5.32 Å². The number of likely N-dealkylation sites (tertiary alicyclic amines) is 1. The van der Waals surface area contributed by atoms with Gasteiger partial charge in [0.2, 0.25) is 0 Å². The average molecular weight is 220 g/mol. The molecule has 0 bridgehead atoms. The minimum atomic E-state index is 0.616. The average Bonchev–Trinajstić information content (AvgIpc) is 2.92. The van der Waals surface area contributed by atoms with E-state index in [1.807, 2.05) is 6.20 Å². The maximum Gasteiger partial charge on any atom is 0.0492 e. The van der Waals surface area contributed by atoms with E-state index >= 15 is 0 Å². The fourth-order valence-electron chi connectivity index (χ4n) is 3.14. The summed E-state index contributed by atoms with van der Waals surface area (Å²) in [6, 6.07) is 2.08. The molecule has 0 saturated carbocycles. The van der Waals surface area contributed by atoms with Crippen LogP contribution >= 0.6 is 0 Å². The first-order valence-electron chi connectivity index (χ1n) is 6.28. The lowest BCUT2D eigenvalue weighted by Gasteiger charge is -2.33. The number of rotatable bonds is 2. The summed E-state index contributed by atoms with van der Waals surface area (Å²) in [5, 5.41) is 10.5. The molecular weight excluding hydrogens is 200 g/mol. The third kappa shape index (κ3) is 1.99. The summed E-state index contributed by atoms with van der Waals surface area (Å²) >= 11 is 0. The summed E-state index contributed by atoms with van der Waals surface area (Å²) in [6.07, 6.45) is 5.92. The van der Waals surface area contributed by atoms with Gasteiger partial charge in [-0.1, -0.05) is 0 Å². The van der Waals surface area contributed by atoms with E-state index in [2.05, 4.69) is 26.5 Å². The molecule has 1 aromatic heterocycles. The lowest BCUT2D eigenvalue weighted by atomic mass is 9.78. The molecule has 4 nitrogen and oxygen atoms in total. The van der Waals surface area contributed by atoms with E-state index in [1.54, 1.807) is 0 Å². The molecule has 0 radical (unpaired) electrons. The van der Waals surface area contributed by atoms with Gasteiger partial charge in [-0.2, -0.15) is 5.10 Å². The van der Waals surface area contributed by atoms with Gasteiger partial charge in [-0.3, -0.25) is 10.00 Å². The fraction of sp³-hybridized carbons (Fsp3) is 0.750. The smallest absolute Gasteiger partial charge is 0.0492 e. The second-order valence-electron chi connectivity index (χ2n) is 5.29. The Labute approximate surface area is 96.4 Å². The topological polar surface area (TPSA) is 44.0 Å². The molecule has 2 N–H and O–H groups in total. The first-order chi connectivity index (χ1) is 7.86. The standard InChI is InChI=1S/C12H20N4/c1-5-14-15-11(1)9-16-8-4-12(10-16)2-6-13-7-3-12/h1,5,13H,2-4,6-10H2,(H,14,15). The maximum atomic E-state index is 4.01. The van der Waals surface area contributed by atoms with E-state index in [-0.39, 0.29) is 0 Å². The van der Waals surface area contributed by atoms with Gasteiger partial charge in [-0.25, -0.2) is 0 Å². The van der Waals surface area contributed by atoms with E-state index in [9.17, 15) is 0 Å². The number of hydrogen-bond acceptors (Lipinski definition) is 3. The van der Waals surface area contributed by atoms with Gasteiger partial charge in [-0.15, -0.1) is 0 Å². The Morgan fingerprint density at radius 3 is 2.94 bits per heavy atom. The van der Waals surface area contributed by atoms with Crippen molar-refractivity contribution < 1.29 is 0 Å². The lowest BCUT2D eigenvalue weighted by molar-refractivity contribution is 0.193. The van der Waals surface area contributed by atoms with Gasteiger partial charge < -0.3 is 5.32 Å². The third-order valence-electron chi connectivity index (χ3n) is 4.13. The van der Waals surface area contributed by atoms with Crippen molar-refractivity contribution in [1.29, 1.82) is 0 Å². The largest absolute Gasteiger partial charge is 0.317 e. The zero-order valence-corrected chi connectivity index (χ0v) is 9.71. The maximum absolute atomic E-state index is 4.01. The molecule has 4 heteroatoms. The first kappa shape index (κ1) is 10.3. The molecule has 1 spiro atoms. The van der Waals surface area contributed by atoms with Crippen LogP contribution in [0, 0.1) is 5.41 Å². The number of aromatic nitrogens is 2. The molecule has 0 aromatic carbocycles. The fourth-order valence-corrected chi connectivity index (χ4v) is 3.14. The molecule has 0 aliphatic carbocycles. The Balaban J connectivity index is 1.60. The highest BCUT2D eigenvalue weighted by molar-refractivity contribution is 5.00. The van der Waals surface area contributed by atoms with Crippen LogP contribution in [0.15, 0.2) is 12.3 Å². The van der Waals surface area contributed by atoms with Gasteiger partial charge in [-0.05, 0) is 50.4 Å². The van der Waals surface area contributed by atoms with Crippen LogP contribution in [0.4, 0.5) is 0 Å². The molecule has 2 aliphatic rings. The van der Waals surface area contributed by atoms with Crippen molar-refractivity contribution in [3.05, 3.63) is 18.0 Å². The Bertz CT molecular complexity index is 327. The van der Waals surface area contributed by atoms with Crippen LogP contribution in [0.2, 0.25) is 0 Å². The van der Waals surface area contributed by atoms with Crippen molar-refractivity contribution in [1.82, 2.24) is 20.4 Å². The molecule has 1 aromatic rings. The number of piperidine rings is 1.